The standard InChI is InChI=1S/C12H27NO/c1-5-6-7-8-9-14-12(3)10-11(2)13-4/h11-13H,5-10H2,1-4H3. The number of unbranched alkanes of at least 4 members (excludes halogenated alkanes) is 3. The average Bonchev–Trinajstić information content (AvgIpc) is 2.17. The Bertz CT molecular complexity index is 117. The molecule has 14 heavy (non-hydrogen) atoms. The van der Waals surface area contributed by atoms with Crippen molar-refractivity contribution in [2.45, 2.75) is 65.0 Å². The summed E-state index contributed by atoms with van der Waals surface area (Å²) in [6.45, 7) is 7.51. The Balaban J connectivity index is 3.22. The molecule has 0 aromatic heterocycles. The van der Waals surface area contributed by atoms with Gasteiger partial charge in [-0.05, 0) is 33.7 Å². The van der Waals surface area contributed by atoms with Gasteiger partial charge in [-0.3, -0.25) is 0 Å². The maximum absolute atomic E-state index is 5.72. The van der Waals surface area contributed by atoms with E-state index in [1.165, 1.54) is 25.7 Å². The fraction of sp³-hybridized carbons (Fsp3) is 1.00. The van der Waals surface area contributed by atoms with Crippen molar-refractivity contribution in [2.75, 3.05) is 13.7 Å². The minimum Gasteiger partial charge on any atom is -0.378 e. The second kappa shape index (κ2) is 9.47. The molecule has 0 spiro atoms. The SMILES string of the molecule is CCCCCCOC(C)CC(C)NC. The van der Waals surface area contributed by atoms with E-state index in [2.05, 4.69) is 26.1 Å². The molecule has 0 aliphatic carbocycles. The number of nitrogens with one attached hydrogen (secondary N) is 1. The van der Waals surface area contributed by atoms with Gasteiger partial charge in [0, 0.05) is 12.6 Å². The molecule has 0 amide bonds. The predicted molar refractivity (Wildman–Crippen MR) is 62.7 cm³/mol. The molecule has 1 N–H and O–H groups in total. The minimum absolute atomic E-state index is 0.388. The quantitative estimate of drug-likeness (QED) is 0.579. The highest BCUT2D eigenvalue weighted by molar-refractivity contribution is 4.62. The van der Waals surface area contributed by atoms with Crippen LogP contribution in [0.25, 0.3) is 0 Å². The van der Waals surface area contributed by atoms with E-state index >= 15 is 0 Å². The van der Waals surface area contributed by atoms with Crippen LogP contribution in [0.5, 0.6) is 0 Å². The van der Waals surface area contributed by atoms with Crippen molar-refractivity contribution >= 4 is 0 Å². The van der Waals surface area contributed by atoms with Crippen molar-refractivity contribution in [3.8, 4) is 0 Å². The fourth-order valence-corrected chi connectivity index (χ4v) is 1.50. The van der Waals surface area contributed by atoms with Gasteiger partial charge >= 0.3 is 0 Å². The Labute approximate surface area is 89.4 Å². The highest BCUT2D eigenvalue weighted by Crippen LogP contribution is 2.04. The van der Waals surface area contributed by atoms with Gasteiger partial charge in [-0.1, -0.05) is 26.2 Å². The smallest absolute Gasteiger partial charge is 0.0561 e. The zero-order valence-corrected chi connectivity index (χ0v) is 10.3. The number of ether oxygens (including phenoxy) is 1. The maximum Gasteiger partial charge on any atom is 0.0561 e. The van der Waals surface area contributed by atoms with E-state index in [0.29, 0.717) is 12.1 Å². The number of hydrogen-bond acceptors (Lipinski definition) is 2. The van der Waals surface area contributed by atoms with E-state index in [4.69, 9.17) is 4.74 Å². The molecule has 0 aromatic rings. The number of hydrogen-bond donors (Lipinski definition) is 1. The van der Waals surface area contributed by atoms with Crippen LogP contribution in [-0.2, 0) is 4.74 Å². The molecular formula is C12H27NO. The van der Waals surface area contributed by atoms with Crippen LogP contribution >= 0.6 is 0 Å². The van der Waals surface area contributed by atoms with Crippen LogP contribution in [0.3, 0.4) is 0 Å². The molecule has 2 atom stereocenters. The lowest BCUT2D eigenvalue weighted by molar-refractivity contribution is 0.0522. The van der Waals surface area contributed by atoms with Gasteiger partial charge < -0.3 is 10.1 Å². The summed E-state index contributed by atoms with van der Waals surface area (Å²) in [6, 6.07) is 0.556. The van der Waals surface area contributed by atoms with Crippen molar-refractivity contribution in [3.63, 3.8) is 0 Å². The van der Waals surface area contributed by atoms with Crippen molar-refractivity contribution in [3.05, 3.63) is 0 Å². The molecule has 0 saturated heterocycles. The third kappa shape index (κ3) is 8.52. The molecule has 2 heteroatoms. The van der Waals surface area contributed by atoms with Gasteiger partial charge in [-0.15, -0.1) is 0 Å². The van der Waals surface area contributed by atoms with E-state index in [1.54, 1.807) is 0 Å². The Kier molecular flexibility index (Phi) is 9.42. The average molecular weight is 201 g/mol. The molecule has 0 saturated carbocycles. The molecule has 0 aromatic carbocycles. The highest BCUT2D eigenvalue weighted by Gasteiger charge is 2.06. The van der Waals surface area contributed by atoms with Gasteiger partial charge in [0.2, 0.25) is 0 Å². The first kappa shape index (κ1) is 13.9. The summed E-state index contributed by atoms with van der Waals surface area (Å²) in [5, 5.41) is 3.23. The largest absolute Gasteiger partial charge is 0.378 e. The summed E-state index contributed by atoms with van der Waals surface area (Å²) in [5.41, 5.74) is 0. The monoisotopic (exact) mass is 201 g/mol. The Morgan fingerprint density at radius 3 is 2.43 bits per heavy atom. The number of rotatable bonds is 9. The topological polar surface area (TPSA) is 21.3 Å². The van der Waals surface area contributed by atoms with Crippen LogP contribution in [0.15, 0.2) is 0 Å². The molecule has 86 valence electrons. The summed E-state index contributed by atoms with van der Waals surface area (Å²) in [4.78, 5) is 0. The summed E-state index contributed by atoms with van der Waals surface area (Å²) in [6.07, 6.45) is 6.65. The molecule has 0 bridgehead atoms. The second-order valence-electron chi connectivity index (χ2n) is 4.17. The molecule has 0 rings (SSSR count). The van der Waals surface area contributed by atoms with E-state index in [-0.39, 0.29) is 0 Å². The van der Waals surface area contributed by atoms with Gasteiger partial charge in [0.15, 0.2) is 0 Å². The predicted octanol–water partition coefficient (Wildman–Crippen LogP) is 2.97. The first-order chi connectivity index (χ1) is 6.70. The van der Waals surface area contributed by atoms with Crippen LogP contribution in [0.1, 0.15) is 52.9 Å². The first-order valence-electron chi connectivity index (χ1n) is 5.99. The van der Waals surface area contributed by atoms with Crippen LogP contribution in [0.4, 0.5) is 0 Å². The molecule has 2 nitrogen and oxygen atoms in total. The molecule has 0 heterocycles. The summed E-state index contributed by atoms with van der Waals surface area (Å²) in [5.74, 6) is 0. The molecule has 0 radical (unpaired) electrons. The molecule has 0 aliphatic rings. The van der Waals surface area contributed by atoms with Gasteiger partial charge in [0.1, 0.15) is 0 Å². The van der Waals surface area contributed by atoms with E-state index in [1.807, 2.05) is 7.05 Å². The lowest BCUT2D eigenvalue weighted by Gasteiger charge is -2.17. The Morgan fingerprint density at radius 1 is 1.14 bits per heavy atom. The lowest BCUT2D eigenvalue weighted by Crippen LogP contribution is -2.26. The maximum atomic E-state index is 5.72. The zero-order chi connectivity index (χ0) is 10.8. The molecule has 2 unspecified atom stereocenters. The second-order valence-corrected chi connectivity index (χ2v) is 4.17. The van der Waals surface area contributed by atoms with Crippen molar-refractivity contribution in [1.82, 2.24) is 5.32 Å². The van der Waals surface area contributed by atoms with Gasteiger partial charge in [-0.25, -0.2) is 0 Å². The summed E-state index contributed by atoms with van der Waals surface area (Å²) < 4.78 is 5.72. The van der Waals surface area contributed by atoms with Crippen molar-refractivity contribution in [1.29, 1.82) is 0 Å². The zero-order valence-electron chi connectivity index (χ0n) is 10.3. The summed E-state index contributed by atoms with van der Waals surface area (Å²) in [7, 11) is 2.00. The Hall–Kier alpha value is -0.0800. The normalized spacial score (nSPS) is 15.4. The van der Waals surface area contributed by atoms with Crippen LogP contribution in [0.2, 0.25) is 0 Å². The third-order valence-electron chi connectivity index (χ3n) is 2.58. The first-order valence-corrected chi connectivity index (χ1v) is 5.99. The molecule has 0 aliphatic heterocycles. The van der Waals surface area contributed by atoms with E-state index in [0.717, 1.165) is 13.0 Å². The van der Waals surface area contributed by atoms with Gasteiger partial charge in [0.05, 0.1) is 6.10 Å². The van der Waals surface area contributed by atoms with Gasteiger partial charge in [0.25, 0.3) is 0 Å². The highest BCUT2D eigenvalue weighted by atomic mass is 16.5. The van der Waals surface area contributed by atoms with Crippen molar-refractivity contribution < 1.29 is 4.74 Å². The minimum atomic E-state index is 0.388. The fourth-order valence-electron chi connectivity index (χ4n) is 1.50. The van der Waals surface area contributed by atoms with E-state index < -0.39 is 0 Å². The lowest BCUT2D eigenvalue weighted by atomic mass is 10.1. The van der Waals surface area contributed by atoms with Gasteiger partial charge in [-0.2, -0.15) is 0 Å². The molecule has 0 fully saturated rings. The van der Waals surface area contributed by atoms with Crippen LogP contribution < -0.4 is 5.32 Å². The molecular weight excluding hydrogens is 174 g/mol. The van der Waals surface area contributed by atoms with E-state index in [9.17, 15) is 0 Å². The summed E-state index contributed by atoms with van der Waals surface area (Å²) >= 11 is 0. The van der Waals surface area contributed by atoms with Crippen molar-refractivity contribution in [2.24, 2.45) is 0 Å². The van der Waals surface area contributed by atoms with Crippen LogP contribution in [0, 0.1) is 0 Å². The van der Waals surface area contributed by atoms with Crippen LogP contribution in [-0.4, -0.2) is 25.8 Å². The third-order valence-corrected chi connectivity index (χ3v) is 2.58. The Morgan fingerprint density at radius 2 is 1.86 bits per heavy atom.